The van der Waals surface area contributed by atoms with Crippen molar-refractivity contribution in [1.29, 1.82) is 0 Å². The van der Waals surface area contributed by atoms with Crippen LogP contribution in [0.2, 0.25) is 0 Å². The molecule has 1 heterocycles. The van der Waals surface area contributed by atoms with Crippen LogP contribution in [0.1, 0.15) is 58.8 Å². The van der Waals surface area contributed by atoms with E-state index in [0.717, 1.165) is 19.3 Å². The van der Waals surface area contributed by atoms with Gasteiger partial charge >= 0.3 is 0 Å². The van der Waals surface area contributed by atoms with Gasteiger partial charge in [0.05, 0.1) is 12.2 Å². The number of nitrogens with zero attached hydrogens (tertiary/aromatic N) is 1. The molecular formula is C15H28N2OS. The topological polar surface area (TPSA) is 32.3 Å². The SMILES string of the molecule is CCCC1NC(CC)N(C2CCCCC2SC)C1=O. The van der Waals surface area contributed by atoms with Crippen LogP contribution in [0.3, 0.4) is 0 Å². The van der Waals surface area contributed by atoms with Gasteiger partial charge in [-0.05, 0) is 31.9 Å². The van der Waals surface area contributed by atoms with E-state index in [0.29, 0.717) is 17.2 Å². The number of carbonyl (C=O) groups is 1. The first-order valence-electron chi connectivity index (χ1n) is 7.83. The second-order valence-electron chi connectivity index (χ2n) is 5.80. The lowest BCUT2D eigenvalue weighted by atomic mass is 9.93. The molecule has 1 N–H and O–H groups in total. The number of carbonyl (C=O) groups excluding carboxylic acids is 1. The van der Waals surface area contributed by atoms with E-state index in [1.807, 2.05) is 11.8 Å². The Balaban J connectivity index is 2.13. The van der Waals surface area contributed by atoms with Crippen molar-refractivity contribution >= 4 is 17.7 Å². The summed E-state index contributed by atoms with van der Waals surface area (Å²) in [6.45, 7) is 4.34. The van der Waals surface area contributed by atoms with E-state index in [4.69, 9.17) is 0 Å². The monoisotopic (exact) mass is 284 g/mol. The molecule has 2 aliphatic rings. The van der Waals surface area contributed by atoms with E-state index >= 15 is 0 Å². The predicted molar refractivity (Wildman–Crippen MR) is 82.3 cm³/mol. The Morgan fingerprint density at radius 2 is 2.05 bits per heavy atom. The second kappa shape index (κ2) is 6.98. The molecule has 1 saturated carbocycles. The Morgan fingerprint density at radius 3 is 2.68 bits per heavy atom. The summed E-state index contributed by atoms with van der Waals surface area (Å²) in [5, 5.41) is 4.18. The highest BCUT2D eigenvalue weighted by Crippen LogP contribution is 2.34. The minimum absolute atomic E-state index is 0.0689. The molecule has 4 atom stereocenters. The summed E-state index contributed by atoms with van der Waals surface area (Å²) in [4.78, 5) is 14.9. The maximum absolute atomic E-state index is 12.7. The number of thioether (sulfide) groups is 1. The van der Waals surface area contributed by atoms with Gasteiger partial charge in [-0.2, -0.15) is 11.8 Å². The van der Waals surface area contributed by atoms with Crippen molar-refractivity contribution < 1.29 is 4.79 Å². The summed E-state index contributed by atoms with van der Waals surface area (Å²) in [6, 6.07) is 0.523. The molecule has 1 aliphatic heterocycles. The number of hydrogen-bond donors (Lipinski definition) is 1. The molecule has 0 spiro atoms. The highest BCUT2D eigenvalue weighted by molar-refractivity contribution is 7.99. The Bertz CT molecular complexity index is 311. The second-order valence-corrected chi connectivity index (χ2v) is 6.88. The predicted octanol–water partition coefficient (Wildman–Crippen LogP) is 3.00. The number of nitrogens with one attached hydrogen (secondary N) is 1. The van der Waals surface area contributed by atoms with Crippen LogP contribution in [-0.4, -0.2) is 40.6 Å². The first-order chi connectivity index (χ1) is 9.22. The largest absolute Gasteiger partial charge is 0.322 e. The summed E-state index contributed by atoms with van der Waals surface area (Å²) >= 11 is 1.95. The minimum atomic E-state index is 0.0689. The minimum Gasteiger partial charge on any atom is -0.322 e. The fourth-order valence-corrected chi connectivity index (χ4v) is 4.58. The van der Waals surface area contributed by atoms with E-state index in [2.05, 4.69) is 30.3 Å². The van der Waals surface area contributed by atoms with Gasteiger partial charge in [0.25, 0.3) is 0 Å². The molecule has 0 aromatic heterocycles. The maximum Gasteiger partial charge on any atom is 0.241 e. The molecule has 1 amide bonds. The average Bonchev–Trinajstić information content (AvgIpc) is 2.76. The van der Waals surface area contributed by atoms with Crippen molar-refractivity contribution in [2.45, 2.75) is 82.3 Å². The molecule has 3 nitrogen and oxygen atoms in total. The molecule has 2 rings (SSSR count). The lowest BCUT2D eigenvalue weighted by molar-refractivity contribution is -0.133. The van der Waals surface area contributed by atoms with Gasteiger partial charge in [0.1, 0.15) is 0 Å². The van der Waals surface area contributed by atoms with E-state index in [9.17, 15) is 4.79 Å². The first-order valence-corrected chi connectivity index (χ1v) is 9.12. The molecule has 0 aromatic carbocycles. The van der Waals surface area contributed by atoms with Crippen LogP contribution in [0.4, 0.5) is 0 Å². The highest BCUT2D eigenvalue weighted by Gasteiger charge is 2.43. The quantitative estimate of drug-likeness (QED) is 0.842. The van der Waals surface area contributed by atoms with Gasteiger partial charge in [0.15, 0.2) is 0 Å². The Labute approximate surface area is 121 Å². The molecule has 2 fully saturated rings. The van der Waals surface area contributed by atoms with Crippen LogP contribution < -0.4 is 5.32 Å². The molecule has 4 heteroatoms. The van der Waals surface area contributed by atoms with Crippen LogP contribution in [-0.2, 0) is 4.79 Å². The Kier molecular flexibility index (Phi) is 5.58. The molecule has 0 aromatic rings. The smallest absolute Gasteiger partial charge is 0.241 e. The van der Waals surface area contributed by atoms with E-state index in [-0.39, 0.29) is 12.2 Å². The molecule has 1 aliphatic carbocycles. The number of amides is 1. The van der Waals surface area contributed by atoms with Crippen LogP contribution in [0, 0.1) is 0 Å². The lowest BCUT2D eigenvalue weighted by Crippen LogP contribution is -2.50. The zero-order chi connectivity index (χ0) is 13.8. The highest BCUT2D eigenvalue weighted by atomic mass is 32.2. The van der Waals surface area contributed by atoms with Crippen molar-refractivity contribution in [2.75, 3.05) is 6.26 Å². The summed E-state index contributed by atoms with van der Waals surface area (Å²) < 4.78 is 0. The Morgan fingerprint density at radius 1 is 1.32 bits per heavy atom. The van der Waals surface area contributed by atoms with Gasteiger partial charge in [-0.25, -0.2) is 0 Å². The third-order valence-corrected chi connectivity index (χ3v) is 5.73. The molecule has 0 radical (unpaired) electrons. The van der Waals surface area contributed by atoms with Crippen LogP contribution in [0.25, 0.3) is 0 Å². The van der Waals surface area contributed by atoms with Crippen LogP contribution in [0.15, 0.2) is 0 Å². The molecule has 19 heavy (non-hydrogen) atoms. The van der Waals surface area contributed by atoms with Gasteiger partial charge in [0.2, 0.25) is 5.91 Å². The van der Waals surface area contributed by atoms with Crippen LogP contribution >= 0.6 is 11.8 Å². The fraction of sp³-hybridized carbons (Fsp3) is 0.933. The molecule has 110 valence electrons. The van der Waals surface area contributed by atoms with Crippen molar-refractivity contribution in [3.63, 3.8) is 0 Å². The van der Waals surface area contributed by atoms with Gasteiger partial charge < -0.3 is 4.90 Å². The van der Waals surface area contributed by atoms with Crippen molar-refractivity contribution in [3.05, 3.63) is 0 Å². The third-order valence-electron chi connectivity index (χ3n) is 4.57. The molecule has 0 bridgehead atoms. The first kappa shape index (κ1) is 15.2. The fourth-order valence-electron chi connectivity index (χ4n) is 3.59. The van der Waals surface area contributed by atoms with Gasteiger partial charge in [-0.1, -0.05) is 33.1 Å². The van der Waals surface area contributed by atoms with Crippen LogP contribution in [0.5, 0.6) is 0 Å². The summed E-state index contributed by atoms with van der Waals surface area (Å²) in [6.07, 6.45) is 10.6. The van der Waals surface area contributed by atoms with E-state index < -0.39 is 0 Å². The van der Waals surface area contributed by atoms with Gasteiger partial charge in [-0.3, -0.25) is 10.1 Å². The molecular weight excluding hydrogens is 256 g/mol. The van der Waals surface area contributed by atoms with Crippen molar-refractivity contribution in [3.8, 4) is 0 Å². The molecule has 4 unspecified atom stereocenters. The van der Waals surface area contributed by atoms with Gasteiger partial charge in [0, 0.05) is 11.3 Å². The third kappa shape index (κ3) is 3.10. The Hall–Kier alpha value is -0.220. The number of rotatable bonds is 5. The summed E-state index contributed by atoms with van der Waals surface area (Å²) in [7, 11) is 0. The standard InChI is InChI=1S/C15H28N2OS/c1-4-8-11-15(18)17(14(5-2)16-11)12-9-6-7-10-13(12)19-3/h11-14,16H,4-10H2,1-3H3. The van der Waals surface area contributed by atoms with E-state index in [1.54, 1.807) is 0 Å². The molecule has 1 saturated heterocycles. The zero-order valence-electron chi connectivity index (χ0n) is 12.5. The average molecular weight is 284 g/mol. The van der Waals surface area contributed by atoms with E-state index in [1.165, 1.54) is 25.7 Å². The lowest BCUT2D eigenvalue weighted by Gasteiger charge is -2.39. The summed E-state index contributed by atoms with van der Waals surface area (Å²) in [5.41, 5.74) is 0. The maximum atomic E-state index is 12.7. The number of hydrogen-bond acceptors (Lipinski definition) is 3. The van der Waals surface area contributed by atoms with Crippen molar-refractivity contribution in [2.24, 2.45) is 0 Å². The summed E-state index contributed by atoms with van der Waals surface area (Å²) in [5.74, 6) is 0.361. The normalized spacial score (nSPS) is 35.9. The van der Waals surface area contributed by atoms with Crippen molar-refractivity contribution in [1.82, 2.24) is 10.2 Å². The zero-order valence-corrected chi connectivity index (χ0v) is 13.3. The van der Waals surface area contributed by atoms with Gasteiger partial charge in [-0.15, -0.1) is 0 Å².